The van der Waals surface area contributed by atoms with E-state index in [9.17, 15) is 14.9 Å². The van der Waals surface area contributed by atoms with Crippen molar-refractivity contribution in [2.24, 2.45) is 5.10 Å². The number of benzene rings is 3. The molecule has 0 aliphatic heterocycles. The number of fused-ring (bicyclic) bond motifs is 1. The molecule has 1 aromatic heterocycles. The highest BCUT2D eigenvalue weighted by Crippen LogP contribution is 2.29. The second-order valence-corrected chi connectivity index (χ2v) is 9.16. The number of aromatic nitrogens is 2. The molecule has 0 saturated heterocycles. The number of rotatable bonds is 7. The van der Waals surface area contributed by atoms with Gasteiger partial charge in [0.2, 0.25) is 0 Å². The van der Waals surface area contributed by atoms with Gasteiger partial charge in [-0.3, -0.25) is 14.9 Å². The Labute approximate surface area is 218 Å². The van der Waals surface area contributed by atoms with Crippen LogP contribution in [-0.4, -0.2) is 20.8 Å². The van der Waals surface area contributed by atoms with Gasteiger partial charge in [0.1, 0.15) is 12.4 Å². The summed E-state index contributed by atoms with van der Waals surface area (Å²) in [5, 5.41) is 17.1. The highest BCUT2D eigenvalue weighted by atomic mass is 79.9. The zero-order valence-electron chi connectivity index (χ0n) is 18.2. The first-order valence-electron chi connectivity index (χ1n) is 10.4. The number of halogens is 3. The first-order chi connectivity index (χ1) is 16.8. The summed E-state index contributed by atoms with van der Waals surface area (Å²) in [6.45, 7) is 1.93. The Hall–Kier alpha value is -3.27. The van der Waals surface area contributed by atoms with E-state index in [2.05, 4.69) is 26.0 Å². The molecule has 178 valence electrons. The standard InChI is InChI=1S/C24H17BrCl2N4O4/c1-2-23-29-20-7-5-16(25)11-17(20)24(32)30(23)28-12-14-4-8-22(21(10-14)31(33)34)35-13-15-3-6-18(26)19(27)9-15/h3-12H,2,13H2,1H3. The maximum absolute atomic E-state index is 13.0. The molecule has 3 aromatic carbocycles. The Morgan fingerprint density at radius 1 is 1.14 bits per heavy atom. The summed E-state index contributed by atoms with van der Waals surface area (Å²) in [5.74, 6) is 0.555. The van der Waals surface area contributed by atoms with Gasteiger partial charge in [-0.05, 0) is 48.0 Å². The van der Waals surface area contributed by atoms with E-state index in [4.69, 9.17) is 27.9 Å². The predicted octanol–water partition coefficient (Wildman–Crippen LogP) is 6.40. The first kappa shape index (κ1) is 24.8. The van der Waals surface area contributed by atoms with Crippen LogP contribution in [0.5, 0.6) is 5.75 Å². The highest BCUT2D eigenvalue weighted by Gasteiger charge is 2.16. The van der Waals surface area contributed by atoms with Gasteiger partial charge in [-0.25, -0.2) is 4.98 Å². The van der Waals surface area contributed by atoms with Gasteiger partial charge >= 0.3 is 5.69 Å². The topological polar surface area (TPSA) is 99.6 Å². The number of nitro benzene ring substituents is 1. The summed E-state index contributed by atoms with van der Waals surface area (Å²) in [4.78, 5) is 28.7. The molecule has 0 atom stereocenters. The van der Waals surface area contributed by atoms with Crippen LogP contribution in [0, 0.1) is 10.1 Å². The minimum Gasteiger partial charge on any atom is -0.482 e. The van der Waals surface area contributed by atoms with Crippen LogP contribution in [0.25, 0.3) is 10.9 Å². The van der Waals surface area contributed by atoms with Crippen LogP contribution in [0.2, 0.25) is 10.0 Å². The van der Waals surface area contributed by atoms with Crippen LogP contribution >= 0.6 is 39.1 Å². The van der Waals surface area contributed by atoms with Crippen LogP contribution < -0.4 is 10.3 Å². The Bertz CT molecular complexity index is 1540. The molecular weight excluding hydrogens is 559 g/mol. The highest BCUT2D eigenvalue weighted by molar-refractivity contribution is 9.10. The third kappa shape index (κ3) is 5.53. The van der Waals surface area contributed by atoms with E-state index in [1.165, 1.54) is 23.0 Å². The summed E-state index contributed by atoms with van der Waals surface area (Å²) in [5.41, 5.74) is 1.13. The summed E-state index contributed by atoms with van der Waals surface area (Å²) in [6.07, 6.45) is 1.85. The fourth-order valence-corrected chi connectivity index (χ4v) is 4.02. The van der Waals surface area contributed by atoms with Crippen molar-refractivity contribution >= 4 is 61.9 Å². The Kier molecular flexibility index (Phi) is 7.49. The molecule has 0 aliphatic rings. The molecule has 4 rings (SSSR count). The van der Waals surface area contributed by atoms with E-state index in [1.807, 2.05) is 13.0 Å². The molecule has 0 fully saturated rings. The van der Waals surface area contributed by atoms with Crippen molar-refractivity contribution in [2.75, 3.05) is 0 Å². The minimum absolute atomic E-state index is 0.0682. The van der Waals surface area contributed by atoms with Crippen molar-refractivity contribution in [1.29, 1.82) is 0 Å². The van der Waals surface area contributed by atoms with Gasteiger partial charge < -0.3 is 4.74 Å². The lowest BCUT2D eigenvalue weighted by Gasteiger charge is -2.09. The first-order valence-corrected chi connectivity index (χ1v) is 11.9. The fraction of sp³-hybridized carbons (Fsp3) is 0.125. The lowest BCUT2D eigenvalue weighted by molar-refractivity contribution is -0.385. The van der Waals surface area contributed by atoms with Crippen LogP contribution in [0.15, 0.2) is 69.0 Å². The van der Waals surface area contributed by atoms with Crippen LogP contribution in [0.3, 0.4) is 0 Å². The molecule has 0 aliphatic carbocycles. The predicted molar refractivity (Wildman–Crippen MR) is 140 cm³/mol. The molecule has 1 heterocycles. The smallest absolute Gasteiger partial charge is 0.311 e. The van der Waals surface area contributed by atoms with E-state index in [1.54, 1.807) is 36.4 Å². The van der Waals surface area contributed by atoms with E-state index >= 15 is 0 Å². The Morgan fingerprint density at radius 3 is 2.66 bits per heavy atom. The largest absolute Gasteiger partial charge is 0.482 e. The van der Waals surface area contributed by atoms with Crippen LogP contribution in [0.4, 0.5) is 5.69 Å². The summed E-state index contributed by atoms with van der Waals surface area (Å²) < 4.78 is 7.60. The lowest BCUT2D eigenvalue weighted by atomic mass is 10.2. The number of hydrogen-bond donors (Lipinski definition) is 0. The lowest BCUT2D eigenvalue weighted by Crippen LogP contribution is -2.22. The molecular formula is C24H17BrCl2N4O4. The van der Waals surface area contributed by atoms with Gasteiger partial charge in [0.25, 0.3) is 5.56 Å². The maximum atomic E-state index is 13.0. The molecule has 0 spiro atoms. The van der Waals surface area contributed by atoms with E-state index < -0.39 is 4.92 Å². The van der Waals surface area contributed by atoms with Crippen molar-refractivity contribution < 1.29 is 9.66 Å². The average molecular weight is 576 g/mol. The third-order valence-electron chi connectivity index (χ3n) is 5.07. The van der Waals surface area contributed by atoms with Gasteiger partial charge in [0, 0.05) is 22.5 Å². The molecule has 0 radical (unpaired) electrons. The molecule has 0 amide bonds. The van der Waals surface area contributed by atoms with E-state index in [-0.39, 0.29) is 23.6 Å². The van der Waals surface area contributed by atoms with Crippen LogP contribution in [-0.2, 0) is 13.0 Å². The van der Waals surface area contributed by atoms with Crippen molar-refractivity contribution in [3.8, 4) is 5.75 Å². The van der Waals surface area contributed by atoms with Gasteiger partial charge in [0.15, 0.2) is 5.75 Å². The number of hydrogen-bond acceptors (Lipinski definition) is 6. The molecule has 35 heavy (non-hydrogen) atoms. The molecule has 0 saturated carbocycles. The zero-order valence-corrected chi connectivity index (χ0v) is 21.3. The van der Waals surface area contributed by atoms with Crippen molar-refractivity contribution in [1.82, 2.24) is 9.66 Å². The quantitative estimate of drug-likeness (QED) is 0.144. The maximum Gasteiger partial charge on any atom is 0.311 e. The zero-order chi connectivity index (χ0) is 25.1. The molecule has 0 N–H and O–H groups in total. The Morgan fingerprint density at radius 2 is 1.94 bits per heavy atom. The number of nitrogens with zero attached hydrogens (tertiary/aromatic N) is 4. The molecule has 0 bridgehead atoms. The van der Waals surface area contributed by atoms with Crippen molar-refractivity contribution in [2.45, 2.75) is 20.0 Å². The minimum atomic E-state index is -0.541. The number of ether oxygens (including phenoxy) is 1. The van der Waals surface area contributed by atoms with Crippen molar-refractivity contribution in [3.05, 3.63) is 107 Å². The normalized spacial score (nSPS) is 11.3. The molecule has 8 nitrogen and oxygen atoms in total. The van der Waals surface area contributed by atoms with E-state index in [0.29, 0.717) is 44.3 Å². The summed E-state index contributed by atoms with van der Waals surface area (Å²) in [7, 11) is 0. The molecule has 11 heteroatoms. The second-order valence-electron chi connectivity index (χ2n) is 7.43. The Balaban J connectivity index is 1.64. The summed E-state index contributed by atoms with van der Waals surface area (Å²) in [6, 6.07) is 14.7. The molecule has 4 aromatic rings. The summed E-state index contributed by atoms with van der Waals surface area (Å²) >= 11 is 15.3. The van der Waals surface area contributed by atoms with E-state index in [0.717, 1.165) is 4.47 Å². The van der Waals surface area contributed by atoms with Gasteiger partial charge in [-0.1, -0.05) is 52.1 Å². The average Bonchev–Trinajstić information content (AvgIpc) is 2.84. The number of nitro groups is 1. The van der Waals surface area contributed by atoms with Gasteiger partial charge in [0.05, 0.1) is 32.1 Å². The van der Waals surface area contributed by atoms with Gasteiger partial charge in [-0.2, -0.15) is 9.78 Å². The second kappa shape index (κ2) is 10.6. The monoisotopic (exact) mass is 574 g/mol. The third-order valence-corrected chi connectivity index (χ3v) is 6.30. The van der Waals surface area contributed by atoms with Crippen molar-refractivity contribution in [3.63, 3.8) is 0 Å². The van der Waals surface area contributed by atoms with Gasteiger partial charge in [-0.15, -0.1) is 0 Å². The SMILES string of the molecule is CCc1nc2ccc(Br)cc2c(=O)n1N=Cc1ccc(OCc2ccc(Cl)c(Cl)c2)c([N+](=O)[O-])c1. The molecule has 0 unspecified atom stereocenters. The fourth-order valence-electron chi connectivity index (χ4n) is 3.34. The number of aryl methyl sites for hydroxylation is 1. The van der Waals surface area contributed by atoms with Crippen LogP contribution in [0.1, 0.15) is 23.9 Å².